The van der Waals surface area contributed by atoms with Crippen LogP contribution in [0.15, 0.2) is 53.4 Å². The second kappa shape index (κ2) is 10.4. The SMILES string of the molecule is Cc1cc(F)ccc1S(=O)(=O)N1CCC(COc2ccccc2)(CC(=O)N2CCCCC2)CC1. The van der Waals surface area contributed by atoms with Gasteiger partial charge < -0.3 is 9.64 Å². The van der Waals surface area contributed by atoms with E-state index in [4.69, 9.17) is 4.74 Å². The number of hydrogen-bond acceptors (Lipinski definition) is 4. The molecule has 2 saturated heterocycles. The van der Waals surface area contributed by atoms with Gasteiger partial charge in [0.25, 0.3) is 0 Å². The van der Waals surface area contributed by atoms with Gasteiger partial charge in [-0.3, -0.25) is 4.79 Å². The number of aryl methyl sites for hydroxylation is 1. The zero-order chi connectivity index (χ0) is 24.2. The van der Waals surface area contributed by atoms with Gasteiger partial charge in [-0.05, 0) is 74.9 Å². The van der Waals surface area contributed by atoms with Crippen LogP contribution in [-0.4, -0.2) is 56.3 Å². The second-order valence-corrected chi connectivity index (χ2v) is 11.4. The van der Waals surface area contributed by atoms with Crippen molar-refractivity contribution in [3.8, 4) is 5.75 Å². The Morgan fingerprint density at radius 1 is 1.00 bits per heavy atom. The molecule has 2 aliphatic rings. The van der Waals surface area contributed by atoms with Crippen molar-refractivity contribution in [2.45, 2.75) is 50.3 Å². The molecule has 4 rings (SSSR count). The Hall–Kier alpha value is -2.45. The fourth-order valence-electron chi connectivity index (χ4n) is 4.94. The highest BCUT2D eigenvalue weighted by Crippen LogP contribution is 2.38. The number of likely N-dealkylation sites (tertiary alicyclic amines) is 1. The third kappa shape index (κ3) is 5.61. The van der Waals surface area contributed by atoms with Crippen molar-refractivity contribution < 1.29 is 22.3 Å². The topological polar surface area (TPSA) is 66.9 Å². The van der Waals surface area contributed by atoms with Crippen LogP contribution in [0.5, 0.6) is 5.75 Å². The second-order valence-electron chi connectivity index (χ2n) is 9.53. The molecule has 8 heteroatoms. The van der Waals surface area contributed by atoms with Crippen molar-refractivity contribution in [1.29, 1.82) is 0 Å². The molecule has 6 nitrogen and oxygen atoms in total. The van der Waals surface area contributed by atoms with Crippen LogP contribution in [0.25, 0.3) is 0 Å². The molecule has 2 aliphatic heterocycles. The first-order chi connectivity index (χ1) is 16.3. The minimum absolute atomic E-state index is 0.127. The standard InChI is InChI=1S/C26H33FN2O4S/c1-21-18-22(27)10-11-24(21)34(31,32)29-16-12-26(13-17-29,20-33-23-8-4-2-5-9-23)19-25(30)28-14-6-3-7-15-28/h2,4-5,8-11,18H,3,6-7,12-17,19-20H2,1H3. The van der Waals surface area contributed by atoms with E-state index in [1.807, 2.05) is 35.2 Å². The van der Waals surface area contributed by atoms with Gasteiger partial charge in [-0.2, -0.15) is 4.31 Å². The molecule has 0 aliphatic carbocycles. The highest BCUT2D eigenvalue weighted by molar-refractivity contribution is 7.89. The molecule has 2 aromatic carbocycles. The van der Waals surface area contributed by atoms with Crippen molar-refractivity contribution in [2.24, 2.45) is 5.41 Å². The average molecular weight is 489 g/mol. The number of halogens is 1. The summed E-state index contributed by atoms with van der Waals surface area (Å²) < 4.78 is 47.6. The number of carbonyl (C=O) groups excluding carboxylic acids is 1. The summed E-state index contributed by atoms with van der Waals surface area (Å²) in [5.74, 6) is 0.412. The lowest BCUT2D eigenvalue weighted by molar-refractivity contribution is -0.136. The first-order valence-corrected chi connectivity index (χ1v) is 13.5. The van der Waals surface area contributed by atoms with Crippen molar-refractivity contribution in [1.82, 2.24) is 9.21 Å². The maximum atomic E-state index is 13.5. The number of ether oxygens (including phenoxy) is 1. The number of amides is 1. The molecule has 0 saturated carbocycles. The van der Waals surface area contributed by atoms with Gasteiger partial charge in [0.15, 0.2) is 0 Å². The number of sulfonamides is 1. The van der Waals surface area contributed by atoms with E-state index in [0.717, 1.165) is 38.1 Å². The first-order valence-electron chi connectivity index (χ1n) is 12.0. The van der Waals surface area contributed by atoms with Gasteiger partial charge in [0.05, 0.1) is 11.5 Å². The van der Waals surface area contributed by atoms with Crippen LogP contribution >= 0.6 is 0 Å². The zero-order valence-corrected chi connectivity index (χ0v) is 20.5. The number of benzene rings is 2. The van der Waals surface area contributed by atoms with Gasteiger partial charge in [-0.15, -0.1) is 0 Å². The summed E-state index contributed by atoms with van der Waals surface area (Å²) in [7, 11) is -3.75. The van der Waals surface area contributed by atoms with Gasteiger partial charge in [-0.1, -0.05) is 18.2 Å². The van der Waals surface area contributed by atoms with Crippen LogP contribution < -0.4 is 4.74 Å². The van der Waals surface area contributed by atoms with E-state index in [2.05, 4.69) is 0 Å². The zero-order valence-electron chi connectivity index (χ0n) is 19.7. The Labute approximate surface area is 201 Å². The van der Waals surface area contributed by atoms with E-state index in [9.17, 15) is 17.6 Å². The van der Waals surface area contributed by atoms with Crippen molar-refractivity contribution in [3.05, 3.63) is 59.9 Å². The molecule has 2 aromatic rings. The van der Waals surface area contributed by atoms with Crippen molar-refractivity contribution in [2.75, 3.05) is 32.8 Å². The molecule has 34 heavy (non-hydrogen) atoms. The lowest BCUT2D eigenvalue weighted by atomic mass is 9.76. The predicted octanol–water partition coefficient (Wildman–Crippen LogP) is 4.39. The van der Waals surface area contributed by atoms with E-state index in [0.29, 0.717) is 44.5 Å². The molecule has 0 N–H and O–H groups in total. The Kier molecular flexibility index (Phi) is 7.57. The molecular formula is C26H33FN2O4S. The molecule has 1 amide bonds. The molecule has 0 radical (unpaired) electrons. The third-order valence-corrected chi connectivity index (χ3v) is 9.12. The monoisotopic (exact) mass is 488 g/mol. The molecule has 184 valence electrons. The van der Waals surface area contributed by atoms with Crippen LogP contribution in [0.4, 0.5) is 4.39 Å². The Balaban J connectivity index is 1.50. The van der Waals surface area contributed by atoms with Crippen LogP contribution in [-0.2, 0) is 14.8 Å². The Morgan fingerprint density at radius 3 is 2.32 bits per heavy atom. The largest absolute Gasteiger partial charge is 0.493 e. The summed E-state index contributed by atoms with van der Waals surface area (Å²) >= 11 is 0. The van der Waals surface area contributed by atoms with Crippen molar-refractivity contribution >= 4 is 15.9 Å². The van der Waals surface area contributed by atoms with Gasteiger partial charge in [0.2, 0.25) is 15.9 Å². The van der Waals surface area contributed by atoms with Crippen LogP contribution in [0.3, 0.4) is 0 Å². The summed E-state index contributed by atoms with van der Waals surface area (Å²) in [5.41, 5.74) is -0.0432. The number of rotatable bonds is 7. The number of hydrogen-bond donors (Lipinski definition) is 0. The van der Waals surface area contributed by atoms with E-state index < -0.39 is 21.3 Å². The van der Waals surface area contributed by atoms with Gasteiger partial charge in [0, 0.05) is 38.0 Å². The van der Waals surface area contributed by atoms with E-state index in [1.165, 1.54) is 22.5 Å². The van der Waals surface area contributed by atoms with Crippen molar-refractivity contribution in [3.63, 3.8) is 0 Å². The normalized spacial score (nSPS) is 19.1. The highest BCUT2D eigenvalue weighted by atomic mass is 32.2. The summed E-state index contributed by atoms with van der Waals surface area (Å²) in [6, 6.07) is 13.3. The lowest BCUT2D eigenvalue weighted by Gasteiger charge is -2.42. The molecule has 0 bridgehead atoms. The maximum Gasteiger partial charge on any atom is 0.243 e. The summed E-state index contributed by atoms with van der Waals surface area (Å²) in [4.78, 5) is 15.2. The molecule has 2 fully saturated rings. The van der Waals surface area contributed by atoms with Gasteiger partial charge >= 0.3 is 0 Å². The minimum atomic E-state index is -3.75. The number of carbonyl (C=O) groups is 1. The molecular weight excluding hydrogens is 455 g/mol. The van der Waals surface area contributed by atoms with Gasteiger partial charge in [-0.25, -0.2) is 12.8 Å². The number of para-hydroxylation sites is 1. The number of piperidine rings is 2. The van der Waals surface area contributed by atoms with E-state index in [-0.39, 0.29) is 10.8 Å². The molecule has 0 unspecified atom stereocenters. The lowest BCUT2D eigenvalue weighted by Crippen LogP contribution is -2.48. The minimum Gasteiger partial charge on any atom is -0.493 e. The van der Waals surface area contributed by atoms with E-state index in [1.54, 1.807) is 6.92 Å². The highest BCUT2D eigenvalue weighted by Gasteiger charge is 2.42. The van der Waals surface area contributed by atoms with Crippen LogP contribution in [0, 0.1) is 18.2 Å². The molecule has 0 atom stereocenters. The molecule has 0 aromatic heterocycles. The van der Waals surface area contributed by atoms with E-state index >= 15 is 0 Å². The smallest absolute Gasteiger partial charge is 0.243 e. The Bertz CT molecular complexity index is 1090. The molecule has 0 spiro atoms. The van der Waals surface area contributed by atoms with Crippen LogP contribution in [0.1, 0.15) is 44.1 Å². The summed E-state index contributed by atoms with van der Waals surface area (Å²) in [6.07, 6.45) is 4.62. The first kappa shape index (κ1) is 24.7. The van der Waals surface area contributed by atoms with Gasteiger partial charge in [0.1, 0.15) is 11.6 Å². The maximum absolute atomic E-state index is 13.5. The number of nitrogens with zero attached hydrogens (tertiary/aromatic N) is 2. The third-order valence-electron chi connectivity index (χ3n) is 7.06. The fraction of sp³-hybridized carbons (Fsp3) is 0.500. The molecule has 2 heterocycles. The quantitative estimate of drug-likeness (QED) is 0.580. The predicted molar refractivity (Wildman–Crippen MR) is 129 cm³/mol. The fourth-order valence-corrected chi connectivity index (χ4v) is 6.59. The Morgan fingerprint density at radius 2 is 1.68 bits per heavy atom. The van der Waals surface area contributed by atoms with Crippen LogP contribution in [0.2, 0.25) is 0 Å². The summed E-state index contributed by atoms with van der Waals surface area (Å²) in [6.45, 7) is 4.14. The average Bonchev–Trinajstić information content (AvgIpc) is 2.84. The summed E-state index contributed by atoms with van der Waals surface area (Å²) in [5, 5.41) is 0.